The van der Waals surface area contributed by atoms with Crippen LogP contribution in [0.15, 0.2) is 82.7 Å². The smallest absolute Gasteiger partial charge is 0.301 e. The van der Waals surface area contributed by atoms with E-state index < -0.39 is 17.7 Å². The molecule has 0 spiro atoms. The van der Waals surface area contributed by atoms with Crippen LogP contribution in [0.3, 0.4) is 0 Å². The molecule has 1 amide bonds. The minimum Gasteiger partial charge on any atom is -0.507 e. The van der Waals surface area contributed by atoms with Crippen molar-refractivity contribution in [3.05, 3.63) is 105 Å². The zero-order chi connectivity index (χ0) is 28.2. The number of anilines is 1. The van der Waals surface area contributed by atoms with Gasteiger partial charge in [-0.15, -0.1) is 10.2 Å². The molecular weight excluding hydrogens is 589 g/mol. The van der Waals surface area contributed by atoms with Crippen molar-refractivity contribution in [2.24, 2.45) is 0 Å². The molecule has 7 nitrogen and oxygen atoms in total. The molecule has 0 bridgehead atoms. The van der Waals surface area contributed by atoms with Gasteiger partial charge in [0.1, 0.15) is 11.5 Å². The first-order valence-electron chi connectivity index (χ1n) is 12.4. The number of benzene rings is 3. The summed E-state index contributed by atoms with van der Waals surface area (Å²) < 4.78 is 6.26. The summed E-state index contributed by atoms with van der Waals surface area (Å²) >= 11 is 15.2. The number of carbonyl (C=O) groups excluding carboxylic acids is 2. The molecule has 1 N–H and O–H groups in total. The second-order valence-corrected chi connectivity index (χ2v) is 11.8. The van der Waals surface area contributed by atoms with E-state index in [1.54, 1.807) is 42.5 Å². The SMILES string of the molecule is CCCOc1ccc(/C(O)=C2\C(=O)C(=O)N(c3nnc(SCc4ccccc4)s3)C2c2ccc(Cl)c(Cl)c2)cc1. The number of nitrogens with zero attached hydrogens (tertiary/aromatic N) is 3. The number of ketones is 1. The van der Waals surface area contributed by atoms with Crippen molar-refractivity contribution in [2.75, 3.05) is 11.5 Å². The molecule has 0 saturated carbocycles. The number of rotatable bonds is 9. The molecule has 1 atom stereocenters. The Morgan fingerprint density at radius 2 is 1.77 bits per heavy atom. The number of hydrogen-bond acceptors (Lipinski definition) is 8. The molecule has 1 unspecified atom stereocenters. The maximum atomic E-state index is 13.4. The third kappa shape index (κ3) is 5.88. The molecule has 204 valence electrons. The van der Waals surface area contributed by atoms with E-state index in [1.807, 2.05) is 37.3 Å². The van der Waals surface area contributed by atoms with Crippen molar-refractivity contribution in [3.8, 4) is 5.75 Å². The lowest BCUT2D eigenvalue weighted by atomic mass is 9.95. The number of carbonyl (C=O) groups is 2. The number of aliphatic hydroxyl groups excluding tert-OH is 1. The van der Waals surface area contributed by atoms with Gasteiger partial charge in [0.25, 0.3) is 5.78 Å². The zero-order valence-electron chi connectivity index (χ0n) is 21.2. The maximum absolute atomic E-state index is 13.4. The minimum atomic E-state index is -0.995. The van der Waals surface area contributed by atoms with Gasteiger partial charge in [0.05, 0.1) is 28.3 Å². The van der Waals surface area contributed by atoms with Crippen molar-refractivity contribution in [2.45, 2.75) is 29.5 Å². The number of hydrogen-bond donors (Lipinski definition) is 1. The lowest BCUT2D eigenvalue weighted by Gasteiger charge is -2.23. The summed E-state index contributed by atoms with van der Waals surface area (Å²) in [7, 11) is 0. The summed E-state index contributed by atoms with van der Waals surface area (Å²) in [5.41, 5.74) is 1.89. The van der Waals surface area contributed by atoms with E-state index in [-0.39, 0.29) is 21.5 Å². The van der Waals surface area contributed by atoms with Gasteiger partial charge in [0.2, 0.25) is 5.13 Å². The van der Waals surface area contributed by atoms with Crippen LogP contribution in [0, 0.1) is 0 Å². The quantitative estimate of drug-likeness (QED) is 0.0686. The van der Waals surface area contributed by atoms with Gasteiger partial charge in [-0.2, -0.15) is 0 Å². The number of aliphatic hydroxyl groups is 1. The lowest BCUT2D eigenvalue weighted by molar-refractivity contribution is -0.132. The predicted octanol–water partition coefficient (Wildman–Crippen LogP) is 7.55. The predicted molar refractivity (Wildman–Crippen MR) is 159 cm³/mol. The molecule has 2 heterocycles. The van der Waals surface area contributed by atoms with Crippen molar-refractivity contribution >= 4 is 68.9 Å². The summed E-state index contributed by atoms with van der Waals surface area (Å²) in [6.07, 6.45) is 0.854. The van der Waals surface area contributed by atoms with Gasteiger partial charge in [0, 0.05) is 11.3 Å². The molecule has 1 saturated heterocycles. The monoisotopic (exact) mass is 611 g/mol. The second-order valence-electron chi connectivity index (χ2n) is 8.84. The molecule has 11 heteroatoms. The summed E-state index contributed by atoms with van der Waals surface area (Å²) in [6.45, 7) is 2.56. The normalized spacial score (nSPS) is 16.5. The van der Waals surface area contributed by atoms with Crippen LogP contribution >= 0.6 is 46.3 Å². The highest BCUT2D eigenvalue weighted by Crippen LogP contribution is 2.45. The van der Waals surface area contributed by atoms with Crippen LogP contribution in [0.4, 0.5) is 5.13 Å². The molecule has 4 aromatic rings. The molecule has 1 fully saturated rings. The van der Waals surface area contributed by atoms with Gasteiger partial charge in [0.15, 0.2) is 4.34 Å². The van der Waals surface area contributed by atoms with Crippen LogP contribution in [0.5, 0.6) is 5.75 Å². The minimum absolute atomic E-state index is 0.0840. The number of Topliss-reactive ketones (excluding diaryl/α,β-unsaturated/α-hetero) is 1. The lowest BCUT2D eigenvalue weighted by Crippen LogP contribution is -2.29. The summed E-state index contributed by atoms with van der Waals surface area (Å²) in [5, 5.41) is 20.6. The average Bonchev–Trinajstić information content (AvgIpc) is 3.54. The Labute approximate surface area is 249 Å². The van der Waals surface area contributed by atoms with E-state index >= 15 is 0 Å². The Hall–Kier alpha value is -3.37. The first-order valence-corrected chi connectivity index (χ1v) is 14.9. The molecule has 0 radical (unpaired) electrons. The van der Waals surface area contributed by atoms with E-state index in [4.69, 9.17) is 27.9 Å². The number of halogens is 2. The standard InChI is InChI=1S/C29H23Cl2N3O4S2/c1-2-14-38-20-11-8-18(9-12-20)25(35)23-24(19-10-13-21(30)22(31)15-19)34(27(37)26(23)36)28-32-33-29(40-28)39-16-17-6-4-3-5-7-17/h3-13,15,24,35H,2,14,16H2,1H3/b25-23+. The summed E-state index contributed by atoms with van der Waals surface area (Å²) in [6, 6.07) is 20.4. The van der Waals surface area contributed by atoms with Crippen molar-refractivity contribution in [1.29, 1.82) is 0 Å². The molecule has 1 aliphatic heterocycles. The maximum Gasteiger partial charge on any atom is 0.301 e. The molecule has 3 aromatic carbocycles. The first kappa shape index (κ1) is 28.2. The Bertz CT molecular complexity index is 1580. The van der Waals surface area contributed by atoms with E-state index in [0.717, 1.165) is 12.0 Å². The Morgan fingerprint density at radius 1 is 1.02 bits per heavy atom. The summed E-state index contributed by atoms with van der Waals surface area (Å²) in [5.74, 6) is -0.677. The van der Waals surface area contributed by atoms with E-state index in [9.17, 15) is 14.7 Å². The molecule has 5 rings (SSSR count). The zero-order valence-corrected chi connectivity index (χ0v) is 24.4. The average molecular weight is 613 g/mol. The molecule has 40 heavy (non-hydrogen) atoms. The molecule has 0 aliphatic carbocycles. The fourth-order valence-corrected chi connectivity index (χ4v) is 6.32. The van der Waals surface area contributed by atoms with Gasteiger partial charge in [-0.25, -0.2) is 0 Å². The van der Waals surface area contributed by atoms with Crippen LogP contribution in [0.25, 0.3) is 5.76 Å². The van der Waals surface area contributed by atoms with Gasteiger partial charge in [-0.05, 0) is 53.9 Å². The van der Waals surface area contributed by atoms with Gasteiger partial charge >= 0.3 is 5.91 Å². The number of amides is 1. The molecule has 1 aliphatic rings. The number of thioether (sulfide) groups is 1. The third-order valence-corrected chi connectivity index (χ3v) is 8.98. The largest absolute Gasteiger partial charge is 0.507 e. The highest BCUT2D eigenvalue weighted by molar-refractivity contribution is 8.00. The fraction of sp³-hybridized carbons (Fsp3) is 0.172. The van der Waals surface area contributed by atoms with Crippen LogP contribution in [0.2, 0.25) is 10.0 Å². The van der Waals surface area contributed by atoms with Crippen LogP contribution in [-0.2, 0) is 15.3 Å². The highest BCUT2D eigenvalue weighted by Gasteiger charge is 2.48. The molecule has 1 aromatic heterocycles. The van der Waals surface area contributed by atoms with Crippen LogP contribution in [0.1, 0.15) is 36.1 Å². The van der Waals surface area contributed by atoms with Crippen LogP contribution < -0.4 is 9.64 Å². The Kier molecular flexibility index (Phi) is 8.75. The van der Waals surface area contributed by atoms with Gasteiger partial charge < -0.3 is 9.84 Å². The van der Waals surface area contributed by atoms with Crippen LogP contribution in [-0.4, -0.2) is 33.6 Å². The number of aromatic nitrogens is 2. The van der Waals surface area contributed by atoms with E-state index in [1.165, 1.54) is 28.0 Å². The number of ether oxygens (including phenoxy) is 1. The van der Waals surface area contributed by atoms with Crippen molar-refractivity contribution < 1.29 is 19.4 Å². The topological polar surface area (TPSA) is 92.6 Å². The first-order chi connectivity index (χ1) is 19.4. The highest BCUT2D eigenvalue weighted by atomic mass is 35.5. The van der Waals surface area contributed by atoms with Gasteiger partial charge in [-0.1, -0.05) is 89.6 Å². The van der Waals surface area contributed by atoms with Crippen molar-refractivity contribution in [3.63, 3.8) is 0 Å². The molecular formula is C29H23Cl2N3O4S2. The Morgan fingerprint density at radius 3 is 2.48 bits per heavy atom. The second kappa shape index (κ2) is 12.4. The van der Waals surface area contributed by atoms with Crippen molar-refractivity contribution in [1.82, 2.24) is 10.2 Å². The van der Waals surface area contributed by atoms with E-state index in [2.05, 4.69) is 10.2 Å². The van der Waals surface area contributed by atoms with E-state index in [0.29, 0.717) is 38.6 Å². The van der Waals surface area contributed by atoms with Gasteiger partial charge in [-0.3, -0.25) is 14.5 Å². The third-order valence-electron chi connectivity index (χ3n) is 6.11. The Balaban J connectivity index is 1.53. The summed E-state index contributed by atoms with van der Waals surface area (Å²) in [4.78, 5) is 28.1. The fourth-order valence-electron chi connectivity index (χ4n) is 4.19.